The molecule has 0 radical (unpaired) electrons. The number of pyridine rings is 1. The first-order valence-electron chi connectivity index (χ1n) is 7.53. The molecule has 0 aromatic carbocycles. The van der Waals surface area contributed by atoms with Gasteiger partial charge in [0.1, 0.15) is 5.82 Å². The van der Waals surface area contributed by atoms with Crippen molar-refractivity contribution >= 4 is 5.82 Å². The third-order valence-corrected chi connectivity index (χ3v) is 3.82. The summed E-state index contributed by atoms with van der Waals surface area (Å²) in [5, 5.41) is 3.37. The zero-order chi connectivity index (χ0) is 13.8. The van der Waals surface area contributed by atoms with Gasteiger partial charge in [0, 0.05) is 24.8 Å². The molecule has 1 aliphatic rings. The van der Waals surface area contributed by atoms with Crippen LogP contribution in [0.1, 0.15) is 52.1 Å². The first kappa shape index (κ1) is 14.3. The van der Waals surface area contributed by atoms with Crippen molar-refractivity contribution in [2.45, 2.75) is 52.6 Å². The van der Waals surface area contributed by atoms with Crippen molar-refractivity contribution in [1.82, 2.24) is 9.88 Å². The summed E-state index contributed by atoms with van der Waals surface area (Å²) in [5.74, 6) is 1.64. The van der Waals surface area contributed by atoms with Gasteiger partial charge in [-0.2, -0.15) is 0 Å². The minimum Gasteiger partial charge on any atom is -0.370 e. The van der Waals surface area contributed by atoms with Crippen LogP contribution in [0.15, 0.2) is 18.3 Å². The van der Waals surface area contributed by atoms with Crippen LogP contribution in [0.2, 0.25) is 0 Å². The number of hydrogen-bond acceptors (Lipinski definition) is 3. The number of rotatable bonds is 5. The van der Waals surface area contributed by atoms with Gasteiger partial charge in [-0.3, -0.25) is 4.90 Å². The van der Waals surface area contributed by atoms with Crippen LogP contribution >= 0.6 is 0 Å². The summed E-state index contributed by atoms with van der Waals surface area (Å²) in [5.41, 5.74) is 1.36. The zero-order valence-corrected chi connectivity index (χ0v) is 12.7. The van der Waals surface area contributed by atoms with Crippen molar-refractivity contribution in [3.05, 3.63) is 23.9 Å². The second kappa shape index (κ2) is 6.38. The van der Waals surface area contributed by atoms with E-state index in [0.717, 1.165) is 12.4 Å². The van der Waals surface area contributed by atoms with E-state index in [2.05, 4.69) is 55.0 Å². The monoisotopic (exact) mass is 261 g/mol. The zero-order valence-electron chi connectivity index (χ0n) is 12.7. The molecular weight excluding hydrogens is 234 g/mol. The summed E-state index contributed by atoms with van der Waals surface area (Å²) in [4.78, 5) is 7.13. The molecule has 19 heavy (non-hydrogen) atoms. The number of likely N-dealkylation sites (tertiary alicyclic amines) is 1. The standard InChI is InChI=1S/C16H27N3/c1-12(2)10-17-16-8-7-14(11-18-16)15-6-5-9-19(15)13(3)4/h7-8,11-13,15H,5-6,9-10H2,1-4H3,(H,17,18)/t15-/m1/s1. The summed E-state index contributed by atoms with van der Waals surface area (Å²) < 4.78 is 0. The van der Waals surface area contributed by atoms with Gasteiger partial charge < -0.3 is 5.32 Å². The second-order valence-corrected chi connectivity index (χ2v) is 6.24. The van der Waals surface area contributed by atoms with Crippen LogP contribution in [-0.4, -0.2) is 29.0 Å². The minimum absolute atomic E-state index is 0.562. The normalized spacial score (nSPS) is 20.4. The number of hydrogen-bond donors (Lipinski definition) is 1. The van der Waals surface area contributed by atoms with Gasteiger partial charge in [0.2, 0.25) is 0 Å². The van der Waals surface area contributed by atoms with Crippen LogP contribution in [0.25, 0.3) is 0 Å². The van der Waals surface area contributed by atoms with E-state index in [4.69, 9.17) is 0 Å². The number of anilines is 1. The van der Waals surface area contributed by atoms with E-state index in [-0.39, 0.29) is 0 Å². The minimum atomic E-state index is 0.562. The Hall–Kier alpha value is -1.09. The summed E-state index contributed by atoms with van der Waals surface area (Å²) in [6.07, 6.45) is 4.61. The van der Waals surface area contributed by atoms with Gasteiger partial charge >= 0.3 is 0 Å². The van der Waals surface area contributed by atoms with E-state index >= 15 is 0 Å². The molecule has 0 saturated carbocycles. The molecule has 0 aliphatic carbocycles. The van der Waals surface area contributed by atoms with Crippen LogP contribution in [-0.2, 0) is 0 Å². The molecule has 1 atom stereocenters. The number of nitrogens with zero attached hydrogens (tertiary/aromatic N) is 2. The topological polar surface area (TPSA) is 28.2 Å². The molecule has 106 valence electrons. The highest BCUT2D eigenvalue weighted by molar-refractivity contribution is 5.36. The lowest BCUT2D eigenvalue weighted by Gasteiger charge is -2.28. The van der Waals surface area contributed by atoms with E-state index < -0.39 is 0 Å². The lowest BCUT2D eigenvalue weighted by molar-refractivity contribution is 0.205. The van der Waals surface area contributed by atoms with Gasteiger partial charge in [0.15, 0.2) is 0 Å². The second-order valence-electron chi connectivity index (χ2n) is 6.24. The molecule has 0 amide bonds. The van der Waals surface area contributed by atoms with E-state index in [1.165, 1.54) is 24.9 Å². The first-order chi connectivity index (χ1) is 9.08. The summed E-state index contributed by atoms with van der Waals surface area (Å²) in [7, 11) is 0. The number of aromatic nitrogens is 1. The fourth-order valence-electron chi connectivity index (χ4n) is 2.78. The predicted molar refractivity (Wildman–Crippen MR) is 81.4 cm³/mol. The van der Waals surface area contributed by atoms with E-state index in [1.54, 1.807) is 0 Å². The Morgan fingerprint density at radius 3 is 2.68 bits per heavy atom. The molecule has 0 spiro atoms. The van der Waals surface area contributed by atoms with Crippen LogP contribution < -0.4 is 5.32 Å². The Morgan fingerprint density at radius 1 is 1.32 bits per heavy atom. The van der Waals surface area contributed by atoms with Gasteiger partial charge in [-0.05, 0) is 50.8 Å². The molecule has 2 heterocycles. The Morgan fingerprint density at radius 2 is 2.11 bits per heavy atom. The molecule has 3 nitrogen and oxygen atoms in total. The Kier molecular flexibility index (Phi) is 4.81. The molecule has 1 saturated heterocycles. The van der Waals surface area contributed by atoms with Crippen molar-refractivity contribution in [2.24, 2.45) is 5.92 Å². The highest BCUT2D eigenvalue weighted by Gasteiger charge is 2.27. The highest BCUT2D eigenvalue weighted by Crippen LogP contribution is 2.33. The molecule has 1 aromatic heterocycles. The molecule has 1 N–H and O–H groups in total. The average molecular weight is 261 g/mol. The fraction of sp³-hybridized carbons (Fsp3) is 0.688. The van der Waals surface area contributed by atoms with E-state index in [0.29, 0.717) is 18.0 Å². The smallest absolute Gasteiger partial charge is 0.125 e. The van der Waals surface area contributed by atoms with Crippen LogP contribution in [0.3, 0.4) is 0 Å². The van der Waals surface area contributed by atoms with Crippen molar-refractivity contribution in [3.8, 4) is 0 Å². The fourth-order valence-corrected chi connectivity index (χ4v) is 2.78. The first-order valence-corrected chi connectivity index (χ1v) is 7.53. The molecule has 1 aromatic rings. The van der Waals surface area contributed by atoms with Crippen molar-refractivity contribution in [1.29, 1.82) is 0 Å². The van der Waals surface area contributed by atoms with Crippen molar-refractivity contribution in [3.63, 3.8) is 0 Å². The largest absolute Gasteiger partial charge is 0.370 e. The molecular formula is C16H27N3. The van der Waals surface area contributed by atoms with Gasteiger partial charge in [-0.25, -0.2) is 4.98 Å². The summed E-state index contributed by atoms with van der Waals surface area (Å²) >= 11 is 0. The molecule has 2 rings (SSSR count). The third kappa shape index (κ3) is 3.69. The highest BCUT2D eigenvalue weighted by atomic mass is 15.2. The van der Waals surface area contributed by atoms with Gasteiger partial charge in [0.25, 0.3) is 0 Å². The van der Waals surface area contributed by atoms with E-state index in [1.807, 2.05) is 6.20 Å². The molecule has 3 heteroatoms. The SMILES string of the molecule is CC(C)CNc1ccc([C@H]2CCCN2C(C)C)cn1. The number of nitrogens with one attached hydrogen (secondary N) is 1. The van der Waals surface area contributed by atoms with E-state index in [9.17, 15) is 0 Å². The Labute approximate surface area is 117 Å². The van der Waals surface area contributed by atoms with Gasteiger partial charge in [-0.1, -0.05) is 19.9 Å². The molecule has 1 aliphatic heterocycles. The molecule has 1 fully saturated rings. The maximum absolute atomic E-state index is 4.55. The van der Waals surface area contributed by atoms with Crippen LogP contribution in [0, 0.1) is 5.92 Å². The lowest BCUT2D eigenvalue weighted by atomic mass is 10.1. The Bertz CT molecular complexity index is 383. The van der Waals surface area contributed by atoms with Gasteiger partial charge in [0.05, 0.1) is 0 Å². The van der Waals surface area contributed by atoms with Crippen molar-refractivity contribution in [2.75, 3.05) is 18.4 Å². The van der Waals surface area contributed by atoms with Crippen LogP contribution in [0.5, 0.6) is 0 Å². The maximum atomic E-state index is 4.55. The van der Waals surface area contributed by atoms with Crippen molar-refractivity contribution < 1.29 is 0 Å². The Balaban J connectivity index is 2.01. The maximum Gasteiger partial charge on any atom is 0.125 e. The molecule has 0 unspecified atom stereocenters. The summed E-state index contributed by atoms with van der Waals surface area (Å²) in [6, 6.07) is 5.54. The molecule has 0 bridgehead atoms. The predicted octanol–water partition coefficient (Wildman–Crippen LogP) is 3.69. The van der Waals surface area contributed by atoms with Gasteiger partial charge in [-0.15, -0.1) is 0 Å². The lowest BCUT2D eigenvalue weighted by Crippen LogP contribution is -2.30. The van der Waals surface area contributed by atoms with Crippen LogP contribution in [0.4, 0.5) is 5.82 Å². The third-order valence-electron chi connectivity index (χ3n) is 3.82. The summed E-state index contributed by atoms with van der Waals surface area (Å²) in [6.45, 7) is 11.2. The average Bonchev–Trinajstić information content (AvgIpc) is 2.86. The quantitative estimate of drug-likeness (QED) is 0.876.